The van der Waals surface area contributed by atoms with Crippen LogP contribution in [0.2, 0.25) is 0 Å². The molecule has 0 aliphatic carbocycles. The van der Waals surface area contributed by atoms with Crippen molar-refractivity contribution in [2.24, 2.45) is 7.05 Å². The molecule has 37 heavy (non-hydrogen) atoms. The lowest BCUT2D eigenvalue weighted by Crippen LogP contribution is -2.36. The minimum absolute atomic E-state index is 0.0205. The van der Waals surface area contributed by atoms with E-state index in [4.69, 9.17) is 4.42 Å². The van der Waals surface area contributed by atoms with Crippen LogP contribution in [-0.4, -0.2) is 71.5 Å². The number of nitrogens with one attached hydrogen (secondary N) is 3. The second-order valence-electron chi connectivity index (χ2n) is 8.23. The number of hydrogen-bond acceptors (Lipinski definition) is 9. The number of oxazole rings is 1. The van der Waals surface area contributed by atoms with Crippen molar-refractivity contribution in [3.63, 3.8) is 0 Å². The Hall–Kier alpha value is -3.99. The first kappa shape index (κ1) is 26.1. The van der Waals surface area contributed by atoms with Gasteiger partial charge in [-0.2, -0.15) is 18.3 Å². The van der Waals surface area contributed by atoms with Gasteiger partial charge in [0.25, 0.3) is 5.91 Å². The fourth-order valence-corrected chi connectivity index (χ4v) is 4.37. The molecule has 0 spiro atoms. The number of aromatic nitrogens is 4. The molecule has 1 aliphatic rings. The molecule has 0 saturated carbocycles. The lowest BCUT2D eigenvalue weighted by Gasteiger charge is -2.16. The average Bonchev–Trinajstić information content (AvgIpc) is 3.49. The molecule has 4 rings (SSSR count). The van der Waals surface area contributed by atoms with E-state index in [1.807, 2.05) is 0 Å². The molecule has 198 valence electrons. The molecule has 1 fully saturated rings. The average molecular weight is 543 g/mol. The van der Waals surface area contributed by atoms with Crippen LogP contribution >= 0.6 is 0 Å². The zero-order valence-electron chi connectivity index (χ0n) is 19.4. The lowest BCUT2D eigenvalue weighted by molar-refractivity contribution is -0.117. The van der Waals surface area contributed by atoms with Crippen LogP contribution in [0.25, 0.3) is 11.5 Å². The monoisotopic (exact) mass is 542 g/mol. The third-order valence-corrected chi connectivity index (χ3v) is 5.79. The standard InChI is InChI=1S/C20H21F3N8O5S/c1-30-8-13(17(28-30)31-7-12(6-16(31)32)29-37(2,34)35)26-18(33)14-9-36-19(27-14)11-3-4-24-15(5-11)25-10-20(21,22)23/h3-5,8-9,12,29H,6-7,10H2,1-2H3,(H,24,25)(H,26,33)/t12-/m0/s1. The topological polar surface area (TPSA) is 164 Å². The van der Waals surface area contributed by atoms with E-state index in [9.17, 15) is 31.2 Å². The zero-order valence-corrected chi connectivity index (χ0v) is 20.2. The van der Waals surface area contributed by atoms with Crippen molar-refractivity contribution in [2.45, 2.75) is 18.6 Å². The molecule has 1 aliphatic heterocycles. The first-order valence-electron chi connectivity index (χ1n) is 10.6. The minimum Gasteiger partial charge on any atom is -0.444 e. The molecule has 13 nitrogen and oxygen atoms in total. The van der Waals surface area contributed by atoms with Gasteiger partial charge in [-0.3, -0.25) is 19.2 Å². The predicted molar refractivity (Wildman–Crippen MR) is 124 cm³/mol. The first-order valence-corrected chi connectivity index (χ1v) is 12.5. The van der Waals surface area contributed by atoms with Gasteiger partial charge >= 0.3 is 6.18 Å². The molecule has 17 heteroatoms. The van der Waals surface area contributed by atoms with Crippen molar-refractivity contribution >= 4 is 39.2 Å². The molecule has 0 aromatic carbocycles. The SMILES string of the molecule is Cn1cc(NC(=O)c2coc(-c3ccnc(NCC(F)(F)F)c3)n2)c(N2C[C@@H](NS(C)(=O)=O)CC2=O)n1. The van der Waals surface area contributed by atoms with Crippen LogP contribution < -0.4 is 20.3 Å². The van der Waals surface area contributed by atoms with E-state index >= 15 is 0 Å². The fourth-order valence-electron chi connectivity index (χ4n) is 3.61. The smallest absolute Gasteiger partial charge is 0.405 e. The zero-order chi connectivity index (χ0) is 27.0. The van der Waals surface area contributed by atoms with Crippen molar-refractivity contribution in [1.82, 2.24) is 24.5 Å². The summed E-state index contributed by atoms with van der Waals surface area (Å²) in [5.74, 6) is -1.05. The summed E-state index contributed by atoms with van der Waals surface area (Å²) in [6, 6.07) is 2.09. The Bertz CT molecular complexity index is 1440. The number of alkyl halides is 3. The number of aryl methyl sites for hydroxylation is 1. The van der Waals surface area contributed by atoms with Crippen LogP contribution in [0.4, 0.5) is 30.5 Å². The van der Waals surface area contributed by atoms with Gasteiger partial charge in [-0.05, 0) is 12.1 Å². The summed E-state index contributed by atoms with van der Waals surface area (Å²) >= 11 is 0. The highest BCUT2D eigenvalue weighted by atomic mass is 32.2. The number of hydrogen-bond donors (Lipinski definition) is 3. The molecule has 4 heterocycles. The van der Waals surface area contributed by atoms with Crippen LogP contribution in [0, 0.1) is 0 Å². The number of carbonyl (C=O) groups is 2. The van der Waals surface area contributed by atoms with E-state index in [-0.39, 0.29) is 53.3 Å². The van der Waals surface area contributed by atoms with Crippen molar-refractivity contribution in [1.29, 1.82) is 0 Å². The van der Waals surface area contributed by atoms with E-state index < -0.39 is 34.7 Å². The maximum Gasteiger partial charge on any atom is 0.405 e. The Morgan fingerprint density at radius 3 is 2.78 bits per heavy atom. The second kappa shape index (κ2) is 9.81. The Morgan fingerprint density at radius 1 is 1.32 bits per heavy atom. The first-order chi connectivity index (χ1) is 17.3. The Balaban J connectivity index is 1.48. The number of rotatable bonds is 8. The maximum absolute atomic E-state index is 12.8. The molecule has 3 N–H and O–H groups in total. The number of halogens is 3. The molecule has 0 unspecified atom stereocenters. The minimum atomic E-state index is -4.43. The van der Waals surface area contributed by atoms with Gasteiger partial charge < -0.3 is 15.1 Å². The van der Waals surface area contributed by atoms with Crippen LogP contribution in [-0.2, 0) is 21.9 Å². The van der Waals surface area contributed by atoms with Crippen molar-refractivity contribution in [3.8, 4) is 11.5 Å². The molecular weight excluding hydrogens is 521 g/mol. The normalized spacial score (nSPS) is 16.3. The van der Waals surface area contributed by atoms with Gasteiger partial charge in [-0.1, -0.05) is 0 Å². The summed E-state index contributed by atoms with van der Waals surface area (Å²) in [5, 5.41) is 8.95. The maximum atomic E-state index is 12.8. The molecular formula is C20H21F3N8O5S. The highest BCUT2D eigenvalue weighted by Crippen LogP contribution is 2.29. The molecule has 2 amide bonds. The largest absolute Gasteiger partial charge is 0.444 e. The lowest BCUT2D eigenvalue weighted by atomic mass is 10.2. The van der Waals surface area contributed by atoms with Gasteiger partial charge in [0.15, 0.2) is 11.5 Å². The fraction of sp³-hybridized carbons (Fsp3) is 0.350. The van der Waals surface area contributed by atoms with Crippen molar-refractivity contribution < 1.29 is 35.6 Å². The van der Waals surface area contributed by atoms with E-state index in [1.165, 1.54) is 34.1 Å². The summed E-state index contributed by atoms with van der Waals surface area (Å²) in [4.78, 5) is 34.5. The van der Waals surface area contributed by atoms with Crippen LogP contribution in [0.1, 0.15) is 16.9 Å². The Kier molecular flexibility index (Phi) is 6.92. The van der Waals surface area contributed by atoms with E-state index in [2.05, 4.69) is 30.4 Å². The summed E-state index contributed by atoms with van der Waals surface area (Å²) in [6.07, 6.45) is 0.276. The molecule has 3 aromatic heterocycles. The summed E-state index contributed by atoms with van der Waals surface area (Å²) in [7, 11) is -1.95. The quantitative estimate of drug-likeness (QED) is 0.381. The molecule has 3 aromatic rings. The van der Waals surface area contributed by atoms with E-state index in [0.717, 1.165) is 12.5 Å². The highest BCUT2D eigenvalue weighted by Gasteiger charge is 2.35. The third-order valence-electron chi connectivity index (χ3n) is 5.03. The summed E-state index contributed by atoms with van der Waals surface area (Å²) in [6.45, 7) is -1.26. The van der Waals surface area contributed by atoms with Crippen LogP contribution in [0.3, 0.4) is 0 Å². The van der Waals surface area contributed by atoms with Crippen LogP contribution in [0.5, 0.6) is 0 Å². The number of sulfonamides is 1. The van der Waals surface area contributed by atoms with E-state index in [1.54, 1.807) is 7.05 Å². The van der Waals surface area contributed by atoms with Gasteiger partial charge in [-0.15, -0.1) is 0 Å². The Morgan fingerprint density at radius 2 is 2.08 bits per heavy atom. The third kappa shape index (κ3) is 6.62. The predicted octanol–water partition coefficient (Wildman–Crippen LogP) is 1.35. The van der Waals surface area contributed by atoms with Crippen molar-refractivity contribution in [3.05, 3.63) is 36.5 Å². The number of amides is 2. The number of carbonyl (C=O) groups excluding carboxylic acids is 2. The second-order valence-corrected chi connectivity index (χ2v) is 10.0. The van der Waals surface area contributed by atoms with Gasteiger partial charge in [0.05, 0.1) is 12.5 Å². The van der Waals surface area contributed by atoms with Gasteiger partial charge in [-0.25, -0.2) is 23.1 Å². The van der Waals surface area contributed by atoms with Crippen LogP contribution in [0.15, 0.2) is 35.2 Å². The Labute approximate surface area is 208 Å². The number of anilines is 3. The molecule has 1 saturated heterocycles. The number of pyridine rings is 1. The molecule has 1 atom stereocenters. The van der Waals surface area contributed by atoms with E-state index in [0.29, 0.717) is 0 Å². The molecule has 0 bridgehead atoms. The van der Waals surface area contributed by atoms with Crippen molar-refractivity contribution in [2.75, 3.05) is 34.9 Å². The van der Waals surface area contributed by atoms with Gasteiger partial charge in [0.2, 0.25) is 21.8 Å². The highest BCUT2D eigenvalue weighted by molar-refractivity contribution is 7.88. The molecule has 0 radical (unpaired) electrons. The number of nitrogens with zero attached hydrogens (tertiary/aromatic N) is 5. The summed E-state index contributed by atoms with van der Waals surface area (Å²) in [5.41, 5.74) is 0.316. The van der Waals surface area contributed by atoms with Gasteiger partial charge in [0, 0.05) is 37.8 Å². The summed E-state index contributed by atoms with van der Waals surface area (Å²) < 4.78 is 69.5. The van der Waals surface area contributed by atoms with Gasteiger partial charge in [0.1, 0.15) is 24.3 Å².